The van der Waals surface area contributed by atoms with Crippen LogP contribution in [0.4, 0.5) is 11.4 Å². The number of pyridine rings is 1. The van der Waals surface area contributed by atoms with Crippen molar-refractivity contribution in [2.75, 3.05) is 37.9 Å². The predicted octanol–water partition coefficient (Wildman–Crippen LogP) is 4.34. The number of hydrogen-bond donors (Lipinski definition) is 4. The van der Waals surface area contributed by atoms with Crippen molar-refractivity contribution in [3.63, 3.8) is 0 Å². The highest BCUT2D eigenvalue weighted by Gasteiger charge is 2.27. The molecular formula is C31H36N4O4. The Labute approximate surface area is 228 Å². The van der Waals surface area contributed by atoms with Gasteiger partial charge in [0.1, 0.15) is 6.04 Å². The van der Waals surface area contributed by atoms with Gasteiger partial charge in [-0.15, -0.1) is 0 Å². The van der Waals surface area contributed by atoms with Crippen molar-refractivity contribution in [2.24, 2.45) is 0 Å². The number of aliphatic hydroxyl groups excluding tert-OH is 1. The number of aromatic amines is 1. The van der Waals surface area contributed by atoms with Gasteiger partial charge in [0.15, 0.2) is 0 Å². The molecule has 0 aliphatic heterocycles. The van der Waals surface area contributed by atoms with Crippen LogP contribution in [-0.2, 0) is 16.1 Å². The van der Waals surface area contributed by atoms with E-state index in [4.69, 9.17) is 10.5 Å². The summed E-state index contributed by atoms with van der Waals surface area (Å²) in [6.07, 6.45) is 1.62. The lowest BCUT2D eigenvalue weighted by molar-refractivity contribution is -0.133. The highest BCUT2D eigenvalue weighted by atomic mass is 16.5. The lowest BCUT2D eigenvalue weighted by atomic mass is 9.93. The van der Waals surface area contributed by atoms with E-state index < -0.39 is 6.04 Å². The van der Waals surface area contributed by atoms with Crippen molar-refractivity contribution in [3.8, 4) is 0 Å². The first-order valence-corrected chi connectivity index (χ1v) is 13.0. The van der Waals surface area contributed by atoms with E-state index in [0.717, 1.165) is 27.6 Å². The minimum atomic E-state index is -0.736. The summed E-state index contributed by atoms with van der Waals surface area (Å²) in [5.41, 5.74) is 10.8. The van der Waals surface area contributed by atoms with Crippen LogP contribution in [0.2, 0.25) is 0 Å². The number of benzene rings is 3. The Balaban J connectivity index is 1.75. The van der Waals surface area contributed by atoms with Crippen molar-refractivity contribution in [1.82, 2.24) is 9.88 Å². The Bertz CT molecular complexity index is 1500. The summed E-state index contributed by atoms with van der Waals surface area (Å²) >= 11 is 0. The second kappa shape index (κ2) is 12.6. The Morgan fingerprint density at radius 1 is 1.13 bits per heavy atom. The molecule has 1 unspecified atom stereocenters. The molecule has 0 spiro atoms. The van der Waals surface area contributed by atoms with Crippen LogP contribution in [0.5, 0.6) is 0 Å². The Morgan fingerprint density at radius 3 is 2.67 bits per heavy atom. The number of aliphatic hydroxyl groups is 1. The van der Waals surface area contributed by atoms with Gasteiger partial charge >= 0.3 is 0 Å². The van der Waals surface area contributed by atoms with Crippen molar-refractivity contribution in [2.45, 2.75) is 32.4 Å². The number of nitrogens with one attached hydrogen (secondary N) is 2. The van der Waals surface area contributed by atoms with Gasteiger partial charge in [0.25, 0.3) is 5.56 Å². The first-order chi connectivity index (χ1) is 18.8. The summed E-state index contributed by atoms with van der Waals surface area (Å²) in [7, 11) is 1.61. The first-order valence-electron chi connectivity index (χ1n) is 13.0. The van der Waals surface area contributed by atoms with E-state index in [-0.39, 0.29) is 24.0 Å². The molecule has 0 aliphatic rings. The number of H-pyrrole nitrogens is 1. The molecule has 39 heavy (non-hydrogen) atoms. The lowest BCUT2D eigenvalue weighted by Crippen LogP contribution is -2.39. The molecule has 8 nitrogen and oxygen atoms in total. The number of nitrogen functional groups attached to an aromatic ring is 1. The fourth-order valence-corrected chi connectivity index (χ4v) is 4.82. The van der Waals surface area contributed by atoms with E-state index >= 15 is 0 Å². The van der Waals surface area contributed by atoms with E-state index in [2.05, 4.69) is 10.3 Å². The summed E-state index contributed by atoms with van der Waals surface area (Å²) in [6, 6.07) is 20.0. The summed E-state index contributed by atoms with van der Waals surface area (Å²) in [4.78, 5) is 31.1. The number of methoxy groups -OCH3 is 1. The number of amides is 1. The van der Waals surface area contributed by atoms with Crippen molar-refractivity contribution in [1.29, 1.82) is 0 Å². The SMILES string of the molecule is COCCN(Cc1cccc(N)c1)C(=O)C(Nc1ccc2cc[nH]c(=O)c2c1)c1ccc([C@@H](C)CO)c(C)c1. The van der Waals surface area contributed by atoms with Gasteiger partial charge in [-0.1, -0.05) is 43.3 Å². The number of fused-ring (bicyclic) bond motifs is 1. The summed E-state index contributed by atoms with van der Waals surface area (Å²) in [5, 5.41) is 14.4. The summed E-state index contributed by atoms with van der Waals surface area (Å²) in [5.74, 6) is -0.158. The predicted molar refractivity (Wildman–Crippen MR) is 156 cm³/mol. The van der Waals surface area contributed by atoms with Gasteiger partial charge in [-0.2, -0.15) is 0 Å². The van der Waals surface area contributed by atoms with Crippen LogP contribution < -0.4 is 16.6 Å². The number of hydrogen-bond acceptors (Lipinski definition) is 6. The molecule has 3 aromatic carbocycles. The van der Waals surface area contributed by atoms with Gasteiger partial charge in [-0.25, -0.2) is 0 Å². The number of ether oxygens (including phenoxy) is 1. The van der Waals surface area contributed by atoms with Crippen LogP contribution in [0.15, 0.2) is 77.7 Å². The second-order valence-corrected chi connectivity index (χ2v) is 9.88. The van der Waals surface area contributed by atoms with Gasteiger partial charge < -0.3 is 30.8 Å². The fraction of sp³-hybridized carbons (Fsp3) is 0.290. The quantitative estimate of drug-likeness (QED) is 0.215. The molecule has 0 saturated heterocycles. The number of anilines is 2. The number of aromatic nitrogens is 1. The van der Waals surface area contributed by atoms with Crippen molar-refractivity contribution in [3.05, 3.63) is 106 Å². The topological polar surface area (TPSA) is 121 Å². The van der Waals surface area contributed by atoms with E-state index in [0.29, 0.717) is 36.5 Å². The average molecular weight is 529 g/mol. The number of nitrogens with two attached hydrogens (primary N) is 1. The molecule has 0 bridgehead atoms. The number of aryl methyl sites for hydroxylation is 1. The van der Waals surface area contributed by atoms with Gasteiger partial charge in [0.2, 0.25) is 5.91 Å². The summed E-state index contributed by atoms with van der Waals surface area (Å²) < 4.78 is 5.32. The molecule has 5 N–H and O–H groups in total. The summed E-state index contributed by atoms with van der Waals surface area (Å²) in [6.45, 7) is 5.11. The zero-order chi connectivity index (χ0) is 27.9. The zero-order valence-corrected chi connectivity index (χ0v) is 22.6. The largest absolute Gasteiger partial charge is 0.399 e. The minimum Gasteiger partial charge on any atom is -0.399 e. The lowest BCUT2D eigenvalue weighted by Gasteiger charge is -2.29. The molecule has 1 heterocycles. The molecule has 0 aliphatic carbocycles. The Kier molecular flexibility index (Phi) is 9.01. The number of rotatable bonds is 11. The molecule has 8 heteroatoms. The monoisotopic (exact) mass is 528 g/mol. The van der Waals surface area contributed by atoms with E-state index in [1.165, 1.54) is 0 Å². The van der Waals surface area contributed by atoms with Crippen LogP contribution in [0, 0.1) is 6.92 Å². The van der Waals surface area contributed by atoms with Crippen LogP contribution in [0.25, 0.3) is 10.8 Å². The standard InChI is InChI=1S/C31H36N4O4/c1-20-15-24(8-10-27(20)21(2)19-36)29(34-26-9-7-23-11-12-33-30(37)28(23)17-26)31(38)35(13-14-39-3)18-22-5-4-6-25(32)16-22/h4-12,15-17,21,29,34,36H,13-14,18-19,32H2,1-3H3,(H,33,37)/t21-,29?/m0/s1. The molecule has 4 rings (SSSR count). The molecule has 1 aromatic heterocycles. The fourth-order valence-electron chi connectivity index (χ4n) is 4.82. The highest BCUT2D eigenvalue weighted by Crippen LogP contribution is 2.28. The maximum Gasteiger partial charge on any atom is 0.255 e. The normalized spacial score (nSPS) is 12.7. The zero-order valence-electron chi connectivity index (χ0n) is 22.6. The minimum absolute atomic E-state index is 0.0184. The van der Waals surface area contributed by atoms with E-state index in [9.17, 15) is 14.7 Å². The highest BCUT2D eigenvalue weighted by molar-refractivity contribution is 5.89. The number of nitrogens with zero attached hydrogens (tertiary/aromatic N) is 1. The molecule has 2 atom stereocenters. The molecule has 0 fully saturated rings. The van der Waals surface area contributed by atoms with Gasteiger partial charge in [0, 0.05) is 55.7 Å². The molecule has 1 amide bonds. The van der Waals surface area contributed by atoms with Gasteiger partial charge in [0.05, 0.1) is 6.61 Å². The third kappa shape index (κ3) is 6.66. The molecule has 204 valence electrons. The first kappa shape index (κ1) is 27.9. The van der Waals surface area contributed by atoms with Crippen LogP contribution in [0.1, 0.15) is 41.1 Å². The van der Waals surface area contributed by atoms with Crippen molar-refractivity contribution >= 4 is 28.1 Å². The van der Waals surface area contributed by atoms with Crippen molar-refractivity contribution < 1.29 is 14.6 Å². The average Bonchev–Trinajstić information content (AvgIpc) is 2.93. The Hall–Kier alpha value is -4.14. The Morgan fingerprint density at radius 2 is 1.95 bits per heavy atom. The van der Waals surface area contributed by atoms with Gasteiger partial charge in [-0.05, 0) is 64.9 Å². The third-order valence-electron chi connectivity index (χ3n) is 6.97. The van der Waals surface area contributed by atoms with Crippen LogP contribution in [0.3, 0.4) is 0 Å². The second-order valence-electron chi connectivity index (χ2n) is 9.88. The number of carbonyl (C=O) groups is 1. The van der Waals surface area contributed by atoms with Gasteiger partial charge in [-0.3, -0.25) is 9.59 Å². The third-order valence-corrected chi connectivity index (χ3v) is 6.97. The maximum absolute atomic E-state index is 14.2. The van der Waals surface area contributed by atoms with Crippen LogP contribution in [-0.4, -0.2) is 47.8 Å². The molecule has 4 aromatic rings. The smallest absolute Gasteiger partial charge is 0.255 e. The molecule has 0 saturated carbocycles. The van der Waals surface area contributed by atoms with E-state index in [1.54, 1.807) is 24.3 Å². The van der Waals surface area contributed by atoms with E-state index in [1.807, 2.05) is 74.5 Å². The number of carbonyl (C=O) groups excluding carboxylic acids is 1. The van der Waals surface area contributed by atoms with Crippen LogP contribution >= 0.6 is 0 Å². The molecular weight excluding hydrogens is 492 g/mol. The maximum atomic E-state index is 14.2. The molecule has 0 radical (unpaired) electrons.